The number of hydrogen-bond acceptors (Lipinski definition) is 5. The predicted molar refractivity (Wildman–Crippen MR) is 86.6 cm³/mol. The number of aliphatic carboxylic acids is 1. The third-order valence-electron chi connectivity index (χ3n) is 5.84. The van der Waals surface area contributed by atoms with Crippen LogP contribution in [-0.2, 0) is 4.79 Å². The van der Waals surface area contributed by atoms with Gasteiger partial charge < -0.3 is 10.0 Å². The number of carboxylic acid groups (broad SMARTS) is 1. The van der Waals surface area contributed by atoms with E-state index >= 15 is 0 Å². The Kier molecular flexibility index (Phi) is 3.69. The van der Waals surface area contributed by atoms with Gasteiger partial charge in [0.2, 0.25) is 0 Å². The van der Waals surface area contributed by atoms with Gasteiger partial charge in [0.1, 0.15) is 5.41 Å². The summed E-state index contributed by atoms with van der Waals surface area (Å²) in [5.74, 6) is 0.197. The summed E-state index contributed by atoms with van der Waals surface area (Å²) in [6.07, 6.45) is 4.99. The van der Waals surface area contributed by atoms with Crippen molar-refractivity contribution < 1.29 is 9.90 Å². The molecule has 7 heteroatoms. The lowest BCUT2D eigenvalue weighted by molar-refractivity contribution is -0.148. The number of carbonyl (C=O) groups is 1. The van der Waals surface area contributed by atoms with E-state index in [4.69, 9.17) is 11.6 Å². The number of fused-ring (bicyclic) bond motifs is 1. The minimum absolute atomic E-state index is 0.151. The molecule has 3 fully saturated rings. The predicted octanol–water partition coefficient (Wildman–Crippen LogP) is 1.90. The molecule has 0 unspecified atom stereocenters. The lowest BCUT2D eigenvalue weighted by Crippen LogP contribution is -2.42. The molecule has 0 bridgehead atoms. The lowest BCUT2D eigenvalue weighted by Gasteiger charge is -2.28. The molecule has 0 spiro atoms. The first-order chi connectivity index (χ1) is 11.1. The summed E-state index contributed by atoms with van der Waals surface area (Å²) in [4.78, 5) is 16.6. The zero-order chi connectivity index (χ0) is 16.0. The monoisotopic (exact) mass is 336 g/mol. The van der Waals surface area contributed by atoms with Crippen molar-refractivity contribution >= 4 is 23.4 Å². The summed E-state index contributed by atoms with van der Waals surface area (Å²) in [5.41, 5.74) is -0.677. The summed E-state index contributed by atoms with van der Waals surface area (Å²) in [6.45, 7) is 2.78. The van der Waals surface area contributed by atoms with E-state index in [1.165, 1.54) is 25.7 Å². The van der Waals surface area contributed by atoms with Gasteiger partial charge in [-0.3, -0.25) is 9.69 Å². The van der Waals surface area contributed by atoms with Crippen molar-refractivity contribution in [3.8, 4) is 0 Å². The molecule has 124 valence electrons. The van der Waals surface area contributed by atoms with Gasteiger partial charge >= 0.3 is 5.97 Å². The number of nitrogens with zero attached hydrogens (tertiary/aromatic N) is 4. The van der Waals surface area contributed by atoms with Gasteiger partial charge in [0.15, 0.2) is 11.0 Å². The summed E-state index contributed by atoms with van der Waals surface area (Å²) >= 11 is 5.79. The summed E-state index contributed by atoms with van der Waals surface area (Å²) < 4.78 is 0. The minimum atomic E-state index is -0.677. The molecule has 0 aromatic carbocycles. The Morgan fingerprint density at radius 1 is 1.22 bits per heavy atom. The maximum atomic E-state index is 12.1. The molecule has 2 saturated heterocycles. The maximum absolute atomic E-state index is 12.1. The molecular formula is C16H21ClN4O2. The Balaban J connectivity index is 1.55. The normalized spacial score (nSPS) is 31.7. The fourth-order valence-corrected chi connectivity index (χ4v) is 4.71. The van der Waals surface area contributed by atoms with Crippen LogP contribution >= 0.6 is 11.6 Å². The van der Waals surface area contributed by atoms with Gasteiger partial charge in [-0.2, -0.15) is 0 Å². The average molecular weight is 337 g/mol. The highest BCUT2D eigenvalue weighted by atomic mass is 35.5. The van der Waals surface area contributed by atoms with E-state index in [1.54, 1.807) is 6.07 Å². The first kappa shape index (κ1) is 15.1. The molecule has 0 amide bonds. The van der Waals surface area contributed by atoms with Crippen molar-refractivity contribution in [1.29, 1.82) is 0 Å². The molecule has 2 aliphatic heterocycles. The largest absolute Gasteiger partial charge is 0.481 e. The Labute approximate surface area is 140 Å². The van der Waals surface area contributed by atoms with E-state index in [1.807, 2.05) is 11.0 Å². The van der Waals surface area contributed by atoms with Crippen molar-refractivity contribution in [1.82, 2.24) is 15.1 Å². The molecule has 1 aromatic rings. The molecule has 1 saturated carbocycles. The van der Waals surface area contributed by atoms with Gasteiger partial charge in [0.25, 0.3) is 0 Å². The second-order valence-electron chi connectivity index (χ2n) is 7.12. The second kappa shape index (κ2) is 5.60. The molecule has 6 nitrogen and oxygen atoms in total. The Morgan fingerprint density at radius 3 is 2.61 bits per heavy atom. The van der Waals surface area contributed by atoms with Crippen molar-refractivity contribution in [2.45, 2.75) is 31.7 Å². The Hall–Kier alpha value is -1.40. The molecule has 1 aromatic heterocycles. The number of likely N-dealkylation sites (tertiary alicyclic amines) is 1. The number of aromatic nitrogens is 2. The van der Waals surface area contributed by atoms with Crippen LogP contribution < -0.4 is 4.90 Å². The van der Waals surface area contributed by atoms with Gasteiger partial charge in [0, 0.05) is 38.1 Å². The number of anilines is 1. The van der Waals surface area contributed by atoms with E-state index in [9.17, 15) is 9.90 Å². The molecular weight excluding hydrogens is 316 g/mol. The number of hydrogen-bond donors (Lipinski definition) is 1. The molecule has 0 radical (unpaired) electrons. The van der Waals surface area contributed by atoms with E-state index in [0.717, 1.165) is 18.9 Å². The molecule has 4 rings (SSSR count). The molecule has 1 N–H and O–H groups in total. The maximum Gasteiger partial charge on any atom is 0.313 e. The molecule has 2 atom stereocenters. The van der Waals surface area contributed by atoms with Crippen molar-refractivity contribution in [2.75, 3.05) is 31.1 Å². The Morgan fingerprint density at radius 2 is 2.00 bits per heavy atom. The van der Waals surface area contributed by atoms with Crippen LogP contribution in [-0.4, -0.2) is 58.4 Å². The van der Waals surface area contributed by atoms with Crippen LogP contribution in [0.15, 0.2) is 12.1 Å². The van der Waals surface area contributed by atoms with E-state index in [-0.39, 0.29) is 5.92 Å². The SMILES string of the molecule is O=C(O)[C@]12CN(c3ccc(Cl)nn3)C[C@H]1CN(C1CCCC1)C2. The smallest absolute Gasteiger partial charge is 0.313 e. The highest BCUT2D eigenvalue weighted by Gasteiger charge is 2.58. The average Bonchev–Trinajstić information content (AvgIpc) is 3.21. The third kappa shape index (κ3) is 2.48. The van der Waals surface area contributed by atoms with Crippen LogP contribution in [0.4, 0.5) is 5.82 Å². The van der Waals surface area contributed by atoms with E-state index in [0.29, 0.717) is 24.3 Å². The van der Waals surface area contributed by atoms with Crippen LogP contribution in [0.2, 0.25) is 5.15 Å². The fraction of sp³-hybridized carbons (Fsp3) is 0.688. The zero-order valence-corrected chi connectivity index (χ0v) is 13.7. The molecule has 3 aliphatic rings. The van der Waals surface area contributed by atoms with Crippen LogP contribution in [0.1, 0.15) is 25.7 Å². The van der Waals surface area contributed by atoms with Gasteiger partial charge in [-0.15, -0.1) is 10.2 Å². The second-order valence-corrected chi connectivity index (χ2v) is 7.51. The zero-order valence-electron chi connectivity index (χ0n) is 13.0. The van der Waals surface area contributed by atoms with Crippen LogP contribution in [0.25, 0.3) is 0 Å². The van der Waals surface area contributed by atoms with Crippen molar-refractivity contribution in [2.24, 2.45) is 11.3 Å². The quantitative estimate of drug-likeness (QED) is 0.909. The highest BCUT2D eigenvalue weighted by molar-refractivity contribution is 6.29. The van der Waals surface area contributed by atoms with Crippen LogP contribution in [0.5, 0.6) is 0 Å². The summed E-state index contributed by atoms with van der Waals surface area (Å²) in [6, 6.07) is 4.11. The minimum Gasteiger partial charge on any atom is -0.481 e. The fourth-order valence-electron chi connectivity index (χ4n) is 4.61. The first-order valence-corrected chi connectivity index (χ1v) is 8.68. The number of rotatable bonds is 3. The van der Waals surface area contributed by atoms with Gasteiger partial charge in [-0.1, -0.05) is 24.4 Å². The first-order valence-electron chi connectivity index (χ1n) is 8.30. The van der Waals surface area contributed by atoms with Crippen LogP contribution in [0.3, 0.4) is 0 Å². The standard InChI is InChI=1S/C16H21ClN4O2/c17-13-5-6-14(19-18-13)21-8-11-7-20(12-3-1-2-4-12)9-16(11,10-21)15(22)23/h5-6,11-12H,1-4,7-10H2,(H,22,23)/t11-,16-/m1/s1. The lowest BCUT2D eigenvalue weighted by atomic mass is 9.81. The van der Waals surface area contributed by atoms with Gasteiger partial charge in [0.05, 0.1) is 0 Å². The molecule has 1 aliphatic carbocycles. The topological polar surface area (TPSA) is 69.6 Å². The van der Waals surface area contributed by atoms with E-state index < -0.39 is 11.4 Å². The highest BCUT2D eigenvalue weighted by Crippen LogP contribution is 2.45. The Bertz CT molecular complexity index is 605. The molecule has 3 heterocycles. The molecule has 23 heavy (non-hydrogen) atoms. The van der Waals surface area contributed by atoms with Crippen molar-refractivity contribution in [3.63, 3.8) is 0 Å². The third-order valence-corrected chi connectivity index (χ3v) is 6.05. The van der Waals surface area contributed by atoms with E-state index in [2.05, 4.69) is 15.1 Å². The van der Waals surface area contributed by atoms with Gasteiger partial charge in [-0.05, 0) is 25.0 Å². The summed E-state index contributed by atoms with van der Waals surface area (Å²) in [5, 5.41) is 18.3. The number of carboxylic acids is 1. The van der Waals surface area contributed by atoms with Gasteiger partial charge in [-0.25, -0.2) is 0 Å². The van der Waals surface area contributed by atoms with Crippen molar-refractivity contribution in [3.05, 3.63) is 17.3 Å². The summed E-state index contributed by atoms with van der Waals surface area (Å²) in [7, 11) is 0. The number of halogens is 1. The van der Waals surface area contributed by atoms with Crippen LogP contribution in [0, 0.1) is 11.3 Å².